The zero-order valence-corrected chi connectivity index (χ0v) is 24.4. The molecule has 4 aromatic rings. The van der Waals surface area contributed by atoms with Gasteiger partial charge in [-0.15, -0.1) is 11.3 Å². The lowest BCUT2D eigenvalue weighted by Crippen LogP contribution is -2.56. The number of rotatable bonds is 4. The fourth-order valence-corrected chi connectivity index (χ4v) is 10.2. The van der Waals surface area contributed by atoms with Crippen molar-refractivity contribution in [1.29, 1.82) is 0 Å². The second-order valence-corrected chi connectivity index (χ2v) is 14.3. The van der Waals surface area contributed by atoms with Crippen LogP contribution in [0.3, 0.4) is 0 Å². The Morgan fingerprint density at radius 3 is 2.62 bits per heavy atom. The number of carbonyl (C=O) groups is 1. The number of aromatic amines is 1. The lowest BCUT2D eigenvalue weighted by atomic mass is 9.63. The van der Waals surface area contributed by atoms with Crippen molar-refractivity contribution in [3.05, 3.63) is 39.7 Å². The number of fused-ring (bicyclic) bond motifs is 4. The number of nitrogens with one attached hydrogen (secondary N) is 2. The molecule has 0 aromatic carbocycles. The van der Waals surface area contributed by atoms with Gasteiger partial charge in [0.15, 0.2) is 5.65 Å². The van der Waals surface area contributed by atoms with E-state index in [4.69, 9.17) is 0 Å². The van der Waals surface area contributed by atoms with Crippen LogP contribution in [0.5, 0.6) is 0 Å². The number of pyridine rings is 1. The van der Waals surface area contributed by atoms with E-state index in [9.17, 15) is 4.79 Å². The van der Waals surface area contributed by atoms with E-state index in [1.807, 2.05) is 15.9 Å². The molecule has 6 heterocycles. The van der Waals surface area contributed by atoms with Crippen LogP contribution in [0.1, 0.15) is 84.9 Å². The van der Waals surface area contributed by atoms with Crippen molar-refractivity contribution < 1.29 is 4.79 Å². The molecule has 3 atom stereocenters. The van der Waals surface area contributed by atoms with E-state index in [0.29, 0.717) is 29.8 Å². The van der Waals surface area contributed by atoms with Gasteiger partial charge in [-0.25, -0.2) is 9.50 Å². The maximum atomic E-state index is 12.4. The highest BCUT2D eigenvalue weighted by Crippen LogP contribution is 2.57. The molecule has 2 bridgehead atoms. The molecular weight excluding hydrogens is 504 g/mol. The first kappa shape index (κ1) is 24.1. The molecular formula is C31H38N6OS. The number of nitrogens with zero attached hydrogens (tertiary/aromatic N) is 4. The summed E-state index contributed by atoms with van der Waals surface area (Å²) in [6, 6.07) is 1.31. The second kappa shape index (κ2) is 8.16. The lowest BCUT2D eigenvalue weighted by Gasteiger charge is -2.50. The van der Waals surface area contributed by atoms with Crippen LogP contribution in [0.15, 0.2) is 12.5 Å². The Kier molecular flexibility index (Phi) is 5.05. The van der Waals surface area contributed by atoms with Gasteiger partial charge >= 0.3 is 0 Å². The third kappa shape index (κ3) is 3.22. The number of amides is 1. The Morgan fingerprint density at radius 1 is 1.10 bits per heavy atom. The van der Waals surface area contributed by atoms with Gasteiger partial charge in [-0.3, -0.25) is 9.69 Å². The van der Waals surface area contributed by atoms with E-state index in [1.54, 1.807) is 11.2 Å². The van der Waals surface area contributed by atoms with Gasteiger partial charge in [0.25, 0.3) is 0 Å². The highest BCUT2D eigenvalue weighted by Gasteiger charge is 2.57. The van der Waals surface area contributed by atoms with E-state index in [0.717, 1.165) is 37.4 Å². The van der Waals surface area contributed by atoms with Crippen LogP contribution in [0.2, 0.25) is 0 Å². The summed E-state index contributed by atoms with van der Waals surface area (Å²) in [7, 11) is 0. The van der Waals surface area contributed by atoms with Crippen molar-refractivity contribution >= 4 is 33.1 Å². The molecule has 4 aromatic heterocycles. The Bertz CT molecular complexity index is 1650. The smallest absolute Gasteiger partial charge is 0.226 e. The van der Waals surface area contributed by atoms with Gasteiger partial charge in [0, 0.05) is 47.2 Å². The number of aromatic nitrogens is 4. The molecule has 0 radical (unpaired) electrons. The van der Waals surface area contributed by atoms with Crippen LogP contribution in [-0.4, -0.2) is 55.6 Å². The first-order valence-corrected chi connectivity index (χ1v) is 15.6. The van der Waals surface area contributed by atoms with Crippen molar-refractivity contribution in [3.8, 4) is 11.3 Å². The van der Waals surface area contributed by atoms with Gasteiger partial charge in [-0.2, -0.15) is 5.10 Å². The number of hydrogen-bond donors (Lipinski definition) is 2. The Hall–Kier alpha value is -2.71. The number of carbonyl (C=O) groups excluding carboxylic acids is 1. The Labute approximate surface area is 233 Å². The third-order valence-corrected chi connectivity index (χ3v) is 12.3. The van der Waals surface area contributed by atoms with Crippen molar-refractivity contribution in [2.24, 2.45) is 11.3 Å². The summed E-state index contributed by atoms with van der Waals surface area (Å²) in [4.78, 5) is 26.4. The molecule has 2 saturated heterocycles. The molecule has 4 fully saturated rings. The van der Waals surface area contributed by atoms with Gasteiger partial charge < -0.3 is 10.3 Å². The number of thiophene rings is 1. The molecule has 8 rings (SSSR count). The fourth-order valence-electron chi connectivity index (χ4n) is 8.79. The molecule has 2 aliphatic heterocycles. The van der Waals surface area contributed by atoms with Gasteiger partial charge in [0.2, 0.25) is 5.91 Å². The van der Waals surface area contributed by atoms with Crippen molar-refractivity contribution in [2.45, 2.75) is 90.6 Å². The monoisotopic (exact) mass is 542 g/mol. The summed E-state index contributed by atoms with van der Waals surface area (Å²) in [5.74, 6) is 2.14. The summed E-state index contributed by atoms with van der Waals surface area (Å²) in [6.45, 7) is 13.5. The van der Waals surface area contributed by atoms with Crippen LogP contribution in [0.25, 0.3) is 27.1 Å². The quantitative estimate of drug-likeness (QED) is 0.340. The average Bonchev–Trinajstić information content (AvgIpc) is 3.70. The predicted octanol–water partition coefficient (Wildman–Crippen LogP) is 5.83. The number of piperidine rings is 1. The molecule has 7 nitrogen and oxygen atoms in total. The van der Waals surface area contributed by atoms with Crippen LogP contribution >= 0.6 is 11.3 Å². The minimum Gasteiger partial charge on any atom is -0.356 e. The predicted molar refractivity (Wildman–Crippen MR) is 155 cm³/mol. The number of aryl methyl sites for hydroxylation is 2. The van der Waals surface area contributed by atoms with E-state index >= 15 is 0 Å². The third-order valence-electron chi connectivity index (χ3n) is 10.9. The van der Waals surface area contributed by atoms with Crippen LogP contribution in [-0.2, 0) is 4.79 Å². The van der Waals surface area contributed by atoms with Crippen molar-refractivity contribution in [1.82, 2.24) is 29.8 Å². The molecule has 2 aliphatic carbocycles. The molecule has 2 saturated carbocycles. The highest BCUT2D eigenvalue weighted by atomic mass is 32.1. The summed E-state index contributed by atoms with van der Waals surface area (Å²) in [6.07, 6.45) is 9.58. The molecule has 4 aliphatic rings. The molecule has 1 amide bonds. The standard InChI is InChI=1S/C31H38N6OS/c1-15(2)24-25-18(5)27(39-29(25)35-26(24)23-13-37-28(33-14-34-37)17(4)16(23)3)22-9-20-8-19(22)12-36(20)21-10-31(11-21)6-7-32-30(31)38/h13-15,19-22,35H,6-12H2,1-5H3,(H,32,38)/t19-,20?,21?,22+,31?/m0/s1. The fraction of sp³-hybridized carbons (Fsp3) is 0.581. The zero-order chi connectivity index (χ0) is 26.8. The maximum Gasteiger partial charge on any atom is 0.226 e. The van der Waals surface area contributed by atoms with Crippen LogP contribution in [0, 0.1) is 32.1 Å². The van der Waals surface area contributed by atoms with E-state index in [-0.39, 0.29) is 5.41 Å². The lowest BCUT2D eigenvalue weighted by molar-refractivity contribution is -0.136. The molecule has 1 unspecified atom stereocenters. The minimum atomic E-state index is -0.0324. The normalized spacial score (nSPS) is 30.5. The minimum absolute atomic E-state index is 0.0324. The summed E-state index contributed by atoms with van der Waals surface area (Å²) in [5.41, 5.74) is 8.75. The Morgan fingerprint density at radius 2 is 1.92 bits per heavy atom. The van der Waals surface area contributed by atoms with E-state index < -0.39 is 0 Å². The molecule has 39 heavy (non-hydrogen) atoms. The van der Waals surface area contributed by atoms with E-state index in [1.165, 1.54) is 63.1 Å². The van der Waals surface area contributed by atoms with Gasteiger partial charge in [0.05, 0.1) is 11.1 Å². The summed E-state index contributed by atoms with van der Waals surface area (Å²) in [5, 5.41) is 8.98. The largest absolute Gasteiger partial charge is 0.356 e. The summed E-state index contributed by atoms with van der Waals surface area (Å²) < 4.78 is 1.92. The average molecular weight is 543 g/mol. The first-order chi connectivity index (χ1) is 18.8. The zero-order valence-electron chi connectivity index (χ0n) is 23.6. The van der Waals surface area contributed by atoms with Crippen molar-refractivity contribution in [2.75, 3.05) is 13.1 Å². The molecule has 2 N–H and O–H groups in total. The molecule has 8 heteroatoms. The molecule has 204 valence electrons. The topological polar surface area (TPSA) is 78.3 Å². The van der Waals surface area contributed by atoms with Crippen molar-refractivity contribution in [3.63, 3.8) is 0 Å². The second-order valence-electron chi connectivity index (χ2n) is 13.2. The van der Waals surface area contributed by atoms with Crippen LogP contribution < -0.4 is 5.32 Å². The highest BCUT2D eigenvalue weighted by molar-refractivity contribution is 7.19. The van der Waals surface area contributed by atoms with Crippen LogP contribution in [0.4, 0.5) is 0 Å². The first-order valence-electron chi connectivity index (χ1n) is 14.7. The van der Waals surface area contributed by atoms with Gasteiger partial charge in [-0.1, -0.05) is 13.8 Å². The van der Waals surface area contributed by atoms with Gasteiger partial charge in [0.1, 0.15) is 11.2 Å². The SMILES string of the molecule is Cc1c(-c2[nH]c3sc([C@@H]4CC5C[C@H]4CN5C4CC5(CCNC5=O)C4)c(C)c3c2C(C)C)cn2ncnc2c1C. The summed E-state index contributed by atoms with van der Waals surface area (Å²) >= 11 is 2.01. The molecule has 1 spiro atoms. The van der Waals surface area contributed by atoms with Gasteiger partial charge in [-0.05, 0) is 92.9 Å². The van der Waals surface area contributed by atoms with E-state index in [2.05, 4.69) is 66.1 Å². The number of hydrogen-bond acceptors (Lipinski definition) is 5. The Balaban J connectivity index is 1.10. The number of H-pyrrole nitrogens is 1. The maximum absolute atomic E-state index is 12.4. The number of likely N-dealkylation sites (tertiary alicyclic amines) is 1.